The van der Waals surface area contributed by atoms with Gasteiger partial charge in [0.15, 0.2) is 17.5 Å². The van der Waals surface area contributed by atoms with Gasteiger partial charge in [0.2, 0.25) is 0 Å². The van der Waals surface area contributed by atoms with Gasteiger partial charge in [-0.2, -0.15) is 0 Å². The fourth-order valence-corrected chi connectivity index (χ4v) is 10.3. The number of nitrogens with zero attached hydrogens (tertiary/aromatic N) is 5. The zero-order chi connectivity index (χ0) is 44.0. The van der Waals surface area contributed by atoms with Crippen LogP contribution in [0.2, 0.25) is 0 Å². The summed E-state index contributed by atoms with van der Waals surface area (Å²) in [6, 6.07) is 79.1. The Kier molecular flexibility index (Phi) is 8.18. The summed E-state index contributed by atoms with van der Waals surface area (Å²) >= 11 is 0. The minimum Gasteiger partial charge on any atom is -0.456 e. The van der Waals surface area contributed by atoms with Crippen LogP contribution < -0.4 is 0 Å². The van der Waals surface area contributed by atoms with E-state index in [1.54, 1.807) is 0 Å². The Morgan fingerprint density at radius 1 is 0.313 bits per heavy atom. The molecule has 6 heteroatoms. The monoisotopic (exact) mass is 855 g/mol. The fraction of sp³-hybridized carbons (Fsp3) is 0. The van der Waals surface area contributed by atoms with Gasteiger partial charge in [-0.05, 0) is 76.5 Å². The second-order valence-electron chi connectivity index (χ2n) is 17.2. The summed E-state index contributed by atoms with van der Waals surface area (Å²) in [5, 5.41) is 8.99. The van der Waals surface area contributed by atoms with Crippen LogP contribution in [0.3, 0.4) is 0 Å². The molecule has 0 unspecified atom stereocenters. The number of benzene rings is 10. The van der Waals surface area contributed by atoms with Crippen molar-refractivity contribution in [3.05, 3.63) is 224 Å². The van der Waals surface area contributed by atoms with E-state index in [0.717, 1.165) is 105 Å². The van der Waals surface area contributed by atoms with Gasteiger partial charge in [-0.15, -0.1) is 0 Å². The number of fused-ring (bicyclic) bond motifs is 10. The number of hydrogen-bond donors (Lipinski definition) is 0. The van der Waals surface area contributed by atoms with Crippen LogP contribution >= 0.6 is 0 Å². The van der Waals surface area contributed by atoms with Crippen LogP contribution in [0.1, 0.15) is 0 Å². The SMILES string of the molecule is c1ccc(-c2ccc(-c3nc(-c4cc5c(cc4-n4c6ccccc6c6cc7ccccc7cc64)oc4ccccc45)nc(-c4cccc5c6ccccc6n(-c6ccccc6)c45)n3)cc2)cc1. The largest absolute Gasteiger partial charge is 0.456 e. The molecule has 0 saturated heterocycles. The third-order valence-electron chi connectivity index (χ3n) is 13.4. The lowest BCUT2D eigenvalue weighted by Crippen LogP contribution is -2.04. The first kappa shape index (κ1) is 37.3. The van der Waals surface area contributed by atoms with Crippen molar-refractivity contribution in [2.45, 2.75) is 0 Å². The molecule has 0 amide bonds. The Morgan fingerprint density at radius 3 is 1.66 bits per heavy atom. The predicted octanol–water partition coefficient (Wildman–Crippen LogP) is 15.8. The van der Waals surface area contributed by atoms with E-state index in [-0.39, 0.29) is 0 Å². The van der Waals surface area contributed by atoms with Gasteiger partial charge in [0.25, 0.3) is 0 Å². The van der Waals surface area contributed by atoms with Gasteiger partial charge in [0.05, 0.1) is 27.8 Å². The molecule has 0 bridgehead atoms. The normalized spacial score (nSPS) is 11.9. The molecule has 0 radical (unpaired) electrons. The third kappa shape index (κ3) is 5.86. The Labute approximate surface area is 384 Å². The van der Waals surface area contributed by atoms with E-state index >= 15 is 0 Å². The first-order valence-electron chi connectivity index (χ1n) is 22.6. The number of furan rings is 1. The van der Waals surface area contributed by atoms with E-state index in [1.807, 2.05) is 18.2 Å². The van der Waals surface area contributed by atoms with Gasteiger partial charge < -0.3 is 13.6 Å². The van der Waals surface area contributed by atoms with Gasteiger partial charge in [-0.3, -0.25) is 0 Å². The summed E-state index contributed by atoms with van der Waals surface area (Å²) in [5.41, 5.74) is 12.8. The standard InChI is InChI=1S/C61H37N5O/c1-3-16-38(17-4-1)39-30-32-40(33-31-39)59-62-60(48-26-15-25-47-44-22-9-12-27-52(44)65(58(47)48)43-20-5-2-6-21-43)64-61(63-59)51-36-50-46-24-11-14-29-56(46)67-57(50)37-55(51)66-53-28-13-10-23-45(53)49-34-41-18-7-8-19-42(41)35-54(49)66/h1-37H. The summed E-state index contributed by atoms with van der Waals surface area (Å²) in [6.45, 7) is 0. The molecule has 14 aromatic rings. The maximum Gasteiger partial charge on any atom is 0.166 e. The van der Waals surface area contributed by atoms with E-state index in [9.17, 15) is 0 Å². The highest BCUT2D eigenvalue weighted by Gasteiger charge is 2.24. The van der Waals surface area contributed by atoms with Gasteiger partial charge >= 0.3 is 0 Å². The van der Waals surface area contributed by atoms with Crippen LogP contribution in [-0.4, -0.2) is 24.1 Å². The van der Waals surface area contributed by atoms with Crippen molar-refractivity contribution in [1.29, 1.82) is 0 Å². The second-order valence-corrected chi connectivity index (χ2v) is 17.2. The summed E-state index contributed by atoms with van der Waals surface area (Å²) < 4.78 is 11.4. The lowest BCUT2D eigenvalue weighted by atomic mass is 10.0. The molecule has 0 fully saturated rings. The summed E-state index contributed by atoms with van der Waals surface area (Å²) in [5.74, 6) is 1.71. The highest BCUT2D eigenvalue weighted by Crippen LogP contribution is 2.43. The van der Waals surface area contributed by atoms with Gasteiger partial charge in [-0.25, -0.2) is 15.0 Å². The van der Waals surface area contributed by atoms with Crippen molar-refractivity contribution in [3.8, 4) is 56.7 Å². The van der Waals surface area contributed by atoms with E-state index in [0.29, 0.717) is 17.5 Å². The highest BCUT2D eigenvalue weighted by molar-refractivity contribution is 6.16. The summed E-state index contributed by atoms with van der Waals surface area (Å²) in [6.07, 6.45) is 0. The van der Waals surface area contributed by atoms with Gasteiger partial charge in [-0.1, -0.05) is 164 Å². The first-order chi connectivity index (χ1) is 33.2. The molecular weight excluding hydrogens is 819 g/mol. The van der Waals surface area contributed by atoms with Gasteiger partial charge in [0.1, 0.15) is 11.2 Å². The maximum atomic E-state index is 6.67. The Balaban J connectivity index is 1.10. The van der Waals surface area contributed by atoms with Crippen LogP contribution in [0.4, 0.5) is 0 Å². The van der Waals surface area contributed by atoms with Crippen LogP contribution in [0, 0.1) is 0 Å². The number of para-hydroxylation sites is 5. The van der Waals surface area contributed by atoms with Crippen LogP contribution in [0.25, 0.3) is 133 Å². The molecule has 10 aromatic carbocycles. The number of hydrogen-bond acceptors (Lipinski definition) is 4. The molecule has 0 saturated carbocycles. The first-order valence-corrected chi connectivity index (χ1v) is 22.6. The molecule has 312 valence electrons. The Bertz CT molecular complexity index is 4260. The van der Waals surface area contributed by atoms with Crippen molar-refractivity contribution in [2.75, 3.05) is 0 Å². The third-order valence-corrected chi connectivity index (χ3v) is 13.4. The molecule has 4 heterocycles. The molecule has 0 N–H and O–H groups in total. The maximum absolute atomic E-state index is 6.67. The quantitative estimate of drug-likeness (QED) is 0.167. The van der Waals surface area contributed by atoms with Crippen molar-refractivity contribution in [3.63, 3.8) is 0 Å². The van der Waals surface area contributed by atoms with E-state index in [2.05, 4.69) is 215 Å². The van der Waals surface area contributed by atoms with E-state index in [1.165, 1.54) is 10.8 Å². The van der Waals surface area contributed by atoms with E-state index < -0.39 is 0 Å². The molecule has 6 nitrogen and oxygen atoms in total. The smallest absolute Gasteiger partial charge is 0.166 e. The molecule has 0 aliphatic carbocycles. The minimum absolute atomic E-state index is 0.556. The van der Waals surface area contributed by atoms with Crippen molar-refractivity contribution in [2.24, 2.45) is 0 Å². The van der Waals surface area contributed by atoms with Crippen molar-refractivity contribution >= 4 is 76.3 Å². The average molecular weight is 856 g/mol. The molecule has 67 heavy (non-hydrogen) atoms. The van der Waals surface area contributed by atoms with Crippen molar-refractivity contribution < 1.29 is 4.42 Å². The lowest BCUT2D eigenvalue weighted by molar-refractivity contribution is 0.668. The molecule has 4 aromatic heterocycles. The predicted molar refractivity (Wildman–Crippen MR) is 275 cm³/mol. The topological polar surface area (TPSA) is 61.7 Å². The van der Waals surface area contributed by atoms with Crippen LogP contribution in [0.15, 0.2) is 229 Å². The molecule has 0 spiro atoms. The lowest BCUT2D eigenvalue weighted by Gasteiger charge is -2.16. The summed E-state index contributed by atoms with van der Waals surface area (Å²) in [4.78, 5) is 16.5. The highest BCUT2D eigenvalue weighted by atomic mass is 16.3. The zero-order valence-electron chi connectivity index (χ0n) is 36.0. The molecule has 0 aliphatic heterocycles. The number of rotatable bonds is 6. The number of aromatic nitrogens is 5. The molecule has 0 aliphatic rings. The van der Waals surface area contributed by atoms with E-state index in [4.69, 9.17) is 19.4 Å². The Hall–Kier alpha value is -9.13. The minimum atomic E-state index is 0.556. The zero-order valence-corrected chi connectivity index (χ0v) is 36.0. The molecule has 14 rings (SSSR count). The molecular formula is C61H37N5O. The van der Waals surface area contributed by atoms with Crippen LogP contribution in [-0.2, 0) is 0 Å². The Morgan fingerprint density at radius 2 is 0.881 bits per heavy atom. The molecule has 0 atom stereocenters. The van der Waals surface area contributed by atoms with Crippen LogP contribution in [0.5, 0.6) is 0 Å². The average Bonchev–Trinajstić information content (AvgIpc) is 4.05. The second kappa shape index (κ2) is 14.7. The summed E-state index contributed by atoms with van der Waals surface area (Å²) in [7, 11) is 0. The van der Waals surface area contributed by atoms with Crippen molar-refractivity contribution in [1.82, 2.24) is 24.1 Å². The fourth-order valence-electron chi connectivity index (χ4n) is 10.3. The van der Waals surface area contributed by atoms with Gasteiger partial charge in [0, 0.05) is 60.8 Å².